The first-order valence-electron chi connectivity index (χ1n) is 9.20. The summed E-state index contributed by atoms with van der Waals surface area (Å²) in [6.45, 7) is 0.737. The van der Waals surface area contributed by atoms with Crippen LogP contribution in [-0.2, 0) is 25.7 Å². The number of carbonyl (C=O) groups is 2. The molecule has 1 saturated heterocycles. The summed E-state index contributed by atoms with van der Waals surface area (Å²) in [4.78, 5) is 28.8. The molecule has 0 bridgehead atoms. The zero-order chi connectivity index (χ0) is 20.6. The molecule has 6 nitrogen and oxygen atoms in total. The molecule has 4 rings (SSSR count). The Balaban J connectivity index is 1.82. The molecule has 0 radical (unpaired) electrons. The van der Waals surface area contributed by atoms with E-state index in [2.05, 4.69) is 0 Å². The lowest BCUT2D eigenvalue weighted by Gasteiger charge is -2.33. The van der Waals surface area contributed by atoms with E-state index in [1.165, 1.54) is 18.9 Å². The van der Waals surface area contributed by atoms with Crippen molar-refractivity contribution in [2.24, 2.45) is 0 Å². The molecule has 1 atom stereocenters. The maximum absolute atomic E-state index is 13.8. The maximum Gasteiger partial charge on any atom is 0.268 e. The number of amides is 2. The van der Waals surface area contributed by atoms with Crippen molar-refractivity contribution in [1.82, 2.24) is 4.90 Å². The Morgan fingerprint density at radius 2 is 2.03 bits per heavy atom. The molecule has 0 unspecified atom stereocenters. The fraction of sp³-hybridized carbons (Fsp3) is 0.333. The van der Waals surface area contributed by atoms with Gasteiger partial charge in [0.2, 0.25) is 5.91 Å². The number of thioether (sulfide) groups is 1. The number of methoxy groups -OCH3 is 2. The van der Waals surface area contributed by atoms with Crippen molar-refractivity contribution in [1.29, 1.82) is 0 Å². The summed E-state index contributed by atoms with van der Waals surface area (Å²) in [6.07, 6.45) is 0. The first-order chi connectivity index (χ1) is 14.0. The van der Waals surface area contributed by atoms with E-state index in [0.29, 0.717) is 29.6 Å². The molecular formula is C21H21ClN2O4S. The van der Waals surface area contributed by atoms with E-state index in [-0.39, 0.29) is 18.4 Å². The lowest BCUT2D eigenvalue weighted by atomic mass is 10.1. The predicted octanol–water partition coefficient (Wildman–Crippen LogP) is 3.27. The molecule has 152 valence electrons. The van der Waals surface area contributed by atoms with Crippen molar-refractivity contribution in [2.45, 2.75) is 11.4 Å². The standard InChI is InChI=1S/C21H21ClN2O4S/c1-27-13-19(25)24-9-10-29-21(24)16-11-15(28-2)7-8-18(16)23(20(21)26)12-14-5-3-4-6-17(14)22/h3-8,11H,9-10,12-13H2,1-2H3/t21-/m1/s1. The van der Waals surface area contributed by atoms with Crippen LogP contribution < -0.4 is 9.64 Å². The molecule has 1 fully saturated rings. The second kappa shape index (κ2) is 7.89. The van der Waals surface area contributed by atoms with Crippen LogP contribution in [0.2, 0.25) is 5.02 Å². The molecule has 8 heteroatoms. The minimum atomic E-state index is -1.11. The fourth-order valence-electron chi connectivity index (χ4n) is 3.93. The molecule has 2 aromatic rings. The van der Waals surface area contributed by atoms with E-state index in [9.17, 15) is 9.59 Å². The number of ether oxygens (including phenoxy) is 2. The van der Waals surface area contributed by atoms with Gasteiger partial charge in [0.25, 0.3) is 5.91 Å². The van der Waals surface area contributed by atoms with Crippen LogP contribution in [0, 0.1) is 0 Å². The smallest absolute Gasteiger partial charge is 0.268 e. The third-order valence-corrected chi connectivity index (χ3v) is 7.04. The van der Waals surface area contributed by atoms with Crippen LogP contribution in [0.15, 0.2) is 42.5 Å². The topological polar surface area (TPSA) is 59.1 Å². The molecule has 2 aliphatic rings. The van der Waals surface area contributed by atoms with E-state index < -0.39 is 4.87 Å². The van der Waals surface area contributed by atoms with Crippen molar-refractivity contribution in [2.75, 3.05) is 38.0 Å². The minimum Gasteiger partial charge on any atom is -0.497 e. The minimum absolute atomic E-state index is 0.0700. The zero-order valence-electron chi connectivity index (χ0n) is 16.2. The number of fused-ring (bicyclic) bond motifs is 2. The molecule has 2 aliphatic heterocycles. The van der Waals surface area contributed by atoms with Gasteiger partial charge in [-0.3, -0.25) is 9.59 Å². The fourth-order valence-corrected chi connectivity index (χ4v) is 5.60. The van der Waals surface area contributed by atoms with Gasteiger partial charge in [0.05, 0.1) is 19.3 Å². The van der Waals surface area contributed by atoms with Gasteiger partial charge in [-0.05, 0) is 29.8 Å². The second-order valence-electron chi connectivity index (χ2n) is 6.84. The summed E-state index contributed by atoms with van der Waals surface area (Å²) in [5, 5.41) is 0.600. The molecule has 29 heavy (non-hydrogen) atoms. The number of carbonyl (C=O) groups excluding carboxylic acids is 2. The lowest BCUT2D eigenvalue weighted by molar-refractivity contribution is -0.143. The SMILES string of the molecule is COCC(=O)N1CCS[C@]12C(=O)N(Cc1ccccc1Cl)c1ccc(OC)cc12. The normalized spacial score (nSPS) is 20.4. The number of halogens is 1. The van der Waals surface area contributed by atoms with E-state index in [0.717, 1.165) is 16.8 Å². The number of rotatable bonds is 5. The van der Waals surface area contributed by atoms with Gasteiger partial charge in [-0.15, -0.1) is 11.8 Å². The van der Waals surface area contributed by atoms with Crippen molar-refractivity contribution < 1.29 is 19.1 Å². The average molecular weight is 433 g/mol. The number of benzene rings is 2. The highest BCUT2D eigenvalue weighted by molar-refractivity contribution is 8.01. The van der Waals surface area contributed by atoms with Gasteiger partial charge >= 0.3 is 0 Å². The third kappa shape index (κ3) is 3.17. The van der Waals surface area contributed by atoms with Crippen molar-refractivity contribution in [3.63, 3.8) is 0 Å². The van der Waals surface area contributed by atoms with E-state index in [1.54, 1.807) is 23.0 Å². The summed E-state index contributed by atoms with van der Waals surface area (Å²) in [5.41, 5.74) is 2.38. The van der Waals surface area contributed by atoms with Crippen molar-refractivity contribution >= 4 is 40.9 Å². The molecule has 0 aliphatic carbocycles. The predicted molar refractivity (Wildman–Crippen MR) is 113 cm³/mol. The number of nitrogens with zero attached hydrogens (tertiary/aromatic N) is 2. The van der Waals surface area contributed by atoms with Crippen LogP contribution in [0.5, 0.6) is 5.75 Å². The second-order valence-corrected chi connectivity index (χ2v) is 8.53. The van der Waals surface area contributed by atoms with Gasteiger partial charge in [0.1, 0.15) is 12.4 Å². The highest BCUT2D eigenvalue weighted by Gasteiger charge is 2.59. The van der Waals surface area contributed by atoms with E-state index in [4.69, 9.17) is 21.1 Å². The van der Waals surface area contributed by atoms with Crippen LogP contribution in [0.1, 0.15) is 11.1 Å². The maximum atomic E-state index is 13.8. The monoisotopic (exact) mass is 432 g/mol. The summed E-state index contributed by atoms with van der Waals surface area (Å²) < 4.78 is 10.5. The average Bonchev–Trinajstić information content (AvgIpc) is 3.27. The van der Waals surface area contributed by atoms with Gasteiger partial charge in [-0.2, -0.15) is 0 Å². The largest absolute Gasteiger partial charge is 0.497 e. The Labute approximate surface area is 178 Å². The molecule has 2 aromatic carbocycles. The van der Waals surface area contributed by atoms with E-state index >= 15 is 0 Å². The Morgan fingerprint density at radius 1 is 1.24 bits per heavy atom. The first kappa shape index (κ1) is 20.1. The highest BCUT2D eigenvalue weighted by Crippen LogP contribution is 2.55. The van der Waals surface area contributed by atoms with Crippen LogP contribution in [-0.4, -0.2) is 49.8 Å². The summed E-state index contributed by atoms with van der Waals surface area (Å²) in [7, 11) is 3.06. The molecule has 0 aromatic heterocycles. The van der Waals surface area contributed by atoms with Gasteiger partial charge < -0.3 is 19.3 Å². The quantitative estimate of drug-likeness (QED) is 0.725. The van der Waals surface area contributed by atoms with Crippen molar-refractivity contribution in [3.05, 3.63) is 58.6 Å². The van der Waals surface area contributed by atoms with E-state index in [1.807, 2.05) is 36.4 Å². The van der Waals surface area contributed by atoms with Crippen LogP contribution in [0.4, 0.5) is 5.69 Å². The molecule has 2 amide bonds. The molecular weight excluding hydrogens is 412 g/mol. The molecule has 0 saturated carbocycles. The Hall–Kier alpha value is -2.22. The zero-order valence-corrected chi connectivity index (χ0v) is 17.8. The Kier molecular flexibility index (Phi) is 5.46. The lowest BCUT2D eigenvalue weighted by Crippen LogP contribution is -2.51. The number of anilines is 1. The molecule has 1 spiro atoms. The third-order valence-electron chi connectivity index (χ3n) is 5.26. The highest BCUT2D eigenvalue weighted by atomic mass is 35.5. The van der Waals surface area contributed by atoms with Crippen LogP contribution in [0.25, 0.3) is 0 Å². The van der Waals surface area contributed by atoms with Crippen LogP contribution >= 0.6 is 23.4 Å². The molecule has 2 heterocycles. The summed E-state index contributed by atoms with van der Waals surface area (Å²) >= 11 is 7.83. The summed E-state index contributed by atoms with van der Waals surface area (Å²) in [5.74, 6) is 0.951. The number of hydrogen-bond donors (Lipinski definition) is 0. The van der Waals surface area contributed by atoms with Gasteiger partial charge in [-0.1, -0.05) is 29.8 Å². The van der Waals surface area contributed by atoms with Crippen molar-refractivity contribution in [3.8, 4) is 5.75 Å². The number of hydrogen-bond acceptors (Lipinski definition) is 5. The molecule has 0 N–H and O–H groups in total. The van der Waals surface area contributed by atoms with Gasteiger partial charge in [0, 0.05) is 30.0 Å². The first-order valence-corrected chi connectivity index (χ1v) is 10.6. The van der Waals surface area contributed by atoms with Gasteiger partial charge in [0.15, 0.2) is 4.87 Å². The Morgan fingerprint density at radius 3 is 2.76 bits per heavy atom. The van der Waals surface area contributed by atoms with Crippen LogP contribution in [0.3, 0.4) is 0 Å². The Bertz CT molecular complexity index is 969. The van der Waals surface area contributed by atoms with Gasteiger partial charge in [-0.25, -0.2) is 0 Å². The summed E-state index contributed by atoms with van der Waals surface area (Å²) in [6, 6.07) is 13.0.